The predicted octanol–water partition coefficient (Wildman–Crippen LogP) is 2.85. The summed E-state index contributed by atoms with van der Waals surface area (Å²) in [6.07, 6.45) is 2.98. The van der Waals surface area contributed by atoms with Crippen LogP contribution in [-0.2, 0) is 0 Å². The van der Waals surface area contributed by atoms with Gasteiger partial charge in [-0.2, -0.15) is 5.10 Å². The van der Waals surface area contributed by atoms with E-state index >= 15 is 0 Å². The van der Waals surface area contributed by atoms with Gasteiger partial charge in [0, 0.05) is 5.56 Å². The number of benzene rings is 1. The molecule has 2 aromatic rings. The fourth-order valence-electron chi connectivity index (χ4n) is 1.64. The topological polar surface area (TPSA) is 65.4 Å². The van der Waals surface area contributed by atoms with E-state index in [2.05, 4.69) is 10.1 Å². The largest absolute Gasteiger partial charge is 0.489 e. The highest BCUT2D eigenvalue weighted by Crippen LogP contribution is 2.29. The molecule has 0 atom stereocenters. The van der Waals surface area contributed by atoms with E-state index in [1.807, 2.05) is 0 Å². The van der Waals surface area contributed by atoms with Crippen LogP contribution >= 0.6 is 11.6 Å². The van der Waals surface area contributed by atoms with Crippen LogP contribution in [0.25, 0.3) is 0 Å². The van der Waals surface area contributed by atoms with Gasteiger partial charge in [-0.05, 0) is 26.0 Å². The van der Waals surface area contributed by atoms with Crippen molar-refractivity contribution in [2.45, 2.75) is 13.8 Å². The lowest BCUT2D eigenvalue weighted by atomic mass is 10.2. The zero-order chi connectivity index (χ0) is 14.7. The molecule has 0 aliphatic rings. The standard InChI is InChI=1S/C13H14ClFN4O/c1-3-20-12-10(14)5-4-9(11(12)15)6-17-19-7-8(2)18-13(19)16/h4-7H,3H2,1-2H3,(H2,16,18). The number of halogens is 2. The Morgan fingerprint density at radius 3 is 2.90 bits per heavy atom. The summed E-state index contributed by atoms with van der Waals surface area (Å²) < 4.78 is 20.7. The SMILES string of the molecule is CCOc1c(Cl)ccc(C=Nn2cc(C)nc2N)c1F. The molecule has 0 aliphatic heterocycles. The number of imidazole rings is 1. The average molecular weight is 297 g/mol. The number of anilines is 1. The molecule has 106 valence electrons. The van der Waals surface area contributed by atoms with Crippen LogP contribution in [0.4, 0.5) is 10.3 Å². The number of hydrogen-bond donors (Lipinski definition) is 1. The smallest absolute Gasteiger partial charge is 0.221 e. The van der Waals surface area contributed by atoms with Gasteiger partial charge in [-0.1, -0.05) is 11.6 Å². The zero-order valence-electron chi connectivity index (χ0n) is 11.1. The van der Waals surface area contributed by atoms with Gasteiger partial charge in [0.05, 0.1) is 29.7 Å². The Kier molecular flexibility index (Phi) is 4.24. The van der Waals surface area contributed by atoms with E-state index in [-0.39, 0.29) is 22.3 Å². The molecule has 7 heteroatoms. The van der Waals surface area contributed by atoms with Gasteiger partial charge >= 0.3 is 0 Å². The van der Waals surface area contributed by atoms with E-state index in [4.69, 9.17) is 22.1 Å². The molecule has 1 heterocycles. The van der Waals surface area contributed by atoms with Crippen LogP contribution < -0.4 is 10.5 Å². The Labute approximate surface area is 120 Å². The first kappa shape index (κ1) is 14.3. The Balaban J connectivity index is 2.34. The minimum Gasteiger partial charge on any atom is -0.489 e. The minimum atomic E-state index is -0.557. The molecule has 1 aromatic carbocycles. The highest BCUT2D eigenvalue weighted by atomic mass is 35.5. The van der Waals surface area contributed by atoms with Gasteiger partial charge in [-0.3, -0.25) is 0 Å². The second-order valence-electron chi connectivity index (χ2n) is 4.04. The highest BCUT2D eigenvalue weighted by Gasteiger charge is 2.12. The normalized spacial score (nSPS) is 11.2. The molecule has 0 radical (unpaired) electrons. The molecule has 0 aliphatic carbocycles. The fourth-order valence-corrected chi connectivity index (χ4v) is 1.85. The van der Waals surface area contributed by atoms with E-state index in [1.54, 1.807) is 26.1 Å². The Bertz CT molecular complexity index is 654. The third-order valence-corrected chi connectivity index (χ3v) is 2.82. The lowest BCUT2D eigenvalue weighted by Crippen LogP contribution is -2.01. The first-order chi connectivity index (χ1) is 9.52. The van der Waals surface area contributed by atoms with Crippen molar-refractivity contribution in [1.82, 2.24) is 9.66 Å². The molecule has 0 amide bonds. The van der Waals surface area contributed by atoms with Crippen molar-refractivity contribution in [3.63, 3.8) is 0 Å². The van der Waals surface area contributed by atoms with Crippen molar-refractivity contribution in [2.24, 2.45) is 5.10 Å². The molecular formula is C13H14ClFN4O. The van der Waals surface area contributed by atoms with Crippen molar-refractivity contribution in [2.75, 3.05) is 12.3 Å². The quantitative estimate of drug-likeness (QED) is 0.882. The van der Waals surface area contributed by atoms with Crippen LogP contribution in [0.2, 0.25) is 5.02 Å². The summed E-state index contributed by atoms with van der Waals surface area (Å²) in [5.41, 5.74) is 6.63. The van der Waals surface area contributed by atoms with E-state index in [9.17, 15) is 4.39 Å². The molecular weight excluding hydrogens is 283 g/mol. The zero-order valence-corrected chi connectivity index (χ0v) is 11.9. The monoisotopic (exact) mass is 296 g/mol. The van der Waals surface area contributed by atoms with Gasteiger partial charge in [0.1, 0.15) is 0 Å². The predicted molar refractivity (Wildman–Crippen MR) is 76.9 cm³/mol. The molecule has 20 heavy (non-hydrogen) atoms. The first-order valence-corrected chi connectivity index (χ1v) is 6.37. The second kappa shape index (κ2) is 5.92. The van der Waals surface area contributed by atoms with Crippen molar-refractivity contribution in [3.8, 4) is 5.75 Å². The third-order valence-electron chi connectivity index (χ3n) is 2.52. The molecule has 2 N–H and O–H groups in total. The summed E-state index contributed by atoms with van der Waals surface area (Å²) in [7, 11) is 0. The summed E-state index contributed by atoms with van der Waals surface area (Å²) in [5, 5.41) is 4.28. The maximum atomic E-state index is 14.2. The van der Waals surface area contributed by atoms with Crippen molar-refractivity contribution >= 4 is 23.8 Å². The lowest BCUT2D eigenvalue weighted by Gasteiger charge is -2.08. The van der Waals surface area contributed by atoms with Crippen LogP contribution in [0.3, 0.4) is 0 Å². The number of hydrogen-bond acceptors (Lipinski definition) is 4. The van der Waals surface area contributed by atoms with E-state index in [0.717, 1.165) is 5.69 Å². The van der Waals surface area contributed by atoms with E-state index in [1.165, 1.54) is 17.0 Å². The van der Waals surface area contributed by atoms with Gasteiger partial charge < -0.3 is 10.5 Å². The van der Waals surface area contributed by atoms with Crippen molar-refractivity contribution in [3.05, 3.63) is 40.4 Å². The molecule has 0 saturated heterocycles. The summed E-state index contributed by atoms with van der Waals surface area (Å²) in [6, 6.07) is 3.07. The molecule has 2 rings (SSSR count). The average Bonchev–Trinajstić information content (AvgIpc) is 2.72. The van der Waals surface area contributed by atoms with Crippen molar-refractivity contribution < 1.29 is 9.13 Å². The Hall–Kier alpha value is -2.08. The molecule has 0 fully saturated rings. The van der Waals surface area contributed by atoms with Gasteiger partial charge in [0.15, 0.2) is 11.6 Å². The lowest BCUT2D eigenvalue weighted by molar-refractivity contribution is 0.321. The van der Waals surface area contributed by atoms with Crippen LogP contribution in [-0.4, -0.2) is 22.5 Å². The number of nitrogen functional groups attached to an aromatic ring is 1. The number of aromatic nitrogens is 2. The number of nitrogens with zero attached hydrogens (tertiary/aromatic N) is 3. The third kappa shape index (κ3) is 2.91. The first-order valence-electron chi connectivity index (χ1n) is 5.99. The highest BCUT2D eigenvalue weighted by molar-refractivity contribution is 6.32. The maximum Gasteiger partial charge on any atom is 0.221 e. The summed E-state index contributed by atoms with van der Waals surface area (Å²) in [4.78, 5) is 3.99. The van der Waals surface area contributed by atoms with Gasteiger partial charge in [0.25, 0.3) is 0 Å². The number of aryl methyl sites for hydroxylation is 1. The summed E-state index contributed by atoms with van der Waals surface area (Å²) in [5.74, 6) is -0.301. The summed E-state index contributed by atoms with van der Waals surface area (Å²) >= 11 is 5.88. The fraction of sp³-hybridized carbons (Fsp3) is 0.231. The molecule has 5 nitrogen and oxygen atoms in total. The molecule has 1 aromatic heterocycles. The van der Waals surface area contributed by atoms with Crippen LogP contribution in [0.5, 0.6) is 5.75 Å². The van der Waals surface area contributed by atoms with Gasteiger partial charge in [-0.25, -0.2) is 14.1 Å². The van der Waals surface area contributed by atoms with Gasteiger partial charge in [0.2, 0.25) is 5.95 Å². The number of nitrogens with two attached hydrogens (primary N) is 1. The second-order valence-corrected chi connectivity index (χ2v) is 4.45. The molecule has 0 unspecified atom stereocenters. The van der Waals surface area contributed by atoms with E-state index in [0.29, 0.717) is 6.61 Å². The van der Waals surface area contributed by atoms with Crippen molar-refractivity contribution in [1.29, 1.82) is 0 Å². The summed E-state index contributed by atoms with van der Waals surface area (Å²) in [6.45, 7) is 3.87. The Morgan fingerprint density at radius 2 is 2.30 bits per heavy atom. The van der Waals surface area contributed by atoms with E-state index < -0.39 is 5.82 Å². The van der Waals surface area contributed by atoms with Crippen LogP contribution in [0.1, 0.15) is 18.2 Å². The molecule has 0 spiro atoms. The minimum absolute atomic E-state index is 0.0212. The molecule has 0 saturated carbocycles. The van der Waals surface area contributed by atoms with Crippen LogP contribution in [0, 0.1) is 12.7 Å². The maximum absolute atomic E-state index is 14.2. The molecule has 0 bridgehead atoms. The number of ether oxygens (including phenoxy) is 1. The Morgan fingerprint density at radius 1 is 1.55 bits per heavy atom. The number of rotatable bonds is 4. The van der Waals surface area contributed by atoms with Crippen LogP contribution in [0.15, 0.2) is 23.4 Å². The van der Waals surface area contributed by atoms with Gasteiger partial charge in [-0.15, -0.1) is 0 Å².